The number of carbonyl (C=O) groups is 1. The third-order valence-electron chi connectivity index (χ3n) is 5.37. The molecule has 2 heteroatoms. The molecule has 0 heterocycles. The molecule has 2 nitrogen and oxygen atoms in total. The lowest BCUT2D eigenvalue weighted by Crippen LogP contribution is -2.03. The van der Waals surface area contributed by atoms with Crippen LogP contribution >= 0.6 is 0 Å². The Balaban J connectivity index is 1.60. The monoisotopic (exact) mass is 354 g/mol. The molecule has 0 bridgehead atoms. The molecule has 1 fully saturated rings. The standard InChI is InChI=1S/C24H34O2/c1-26-24(25)20-11-3-2-9-16-22-18-12-19-23(22)17-10-5-8-15-21-13-6-4-7-14-21/h2,4,6-7,9-10,13-14,17,22-23H,3,5,8,11-12,15-16,18-20H2,1H3/b9-2-,17-10+/t22-,23?/m0/s1. The Labute approximate surface area is 159 Å². The second-order valence-electron chi connectivity index (χ2n) is 7.34. The fraction of sp³-hybridized carbons (Fsp3) is 0.542. The molecule has 1 aliphatic rings. The number of esters is 1. The number of carbonyl (C=O) groups excluding carboxylic acids is 1. The van der Waals surface area contributed by atoms with Gasteiger partial charge in [0.05, 0.1) is 7.11 Å². The summed E-state index contributed by atoms with van der Waals surface area (Å²) in [5, 5.41) is 0. The summed E-state index contributed by atoms with van der Waals surface area (Å²) in [5.41, 5.74) is 1.44. The van der Waals surface area contributed by atoms with Gasteiger partial charge in [0.25, 0.3) is 0 Å². The van der Waals surface area contributed by atoms with Gasteiger partial charge in [0.1, 0.15) is 0 Å². The van der Waals surface area contributed by atoms with E-state index in [9.17, 15) is 4.79 Å². The van der Waals surface area contributed by atoms with E-state index >= 15 is 0 Å². The number of hydrogen-bond donors (Lipinski definition) is 0. The lowest BCUT2D eigenvalue weighted by Gasteiger charge is -2.14. The van der Waals surface area contributed by atoms with Crippen molar-refractivity contribution in [3.8, 4) is 0 Å². The highest BCUT2D eigenvalue weighted by atomic mass is 16.5. The van der Waals surface area contributed by atoms with Gasteiger partial charge in [0, 0.05) is 6.42 Å². The number of unbranched alkanes of at least 4 members (excludes halogenated alkanes) is 2. The van der Waals surface area contributed by atoms with Crippen molar-refractivity contribution in [2.24, 2.45) is 11.8 Å². The van der Waals surface area contributed by atoms with Gasteiger partial charge < -0.3 is 4.74 Å². The van der Waals surface area contributed by atoms with Crippen molar-refractivity contribution in [1.29, 1.82) is 0 Å². The van der Waals surface area contributed by atoms with Gasteiger partial charge in [-0.15, -0.1) is 0 Å². The molecule has 142 valence electrons. The summed E-state index contributed by atoms with van der Waals surface area (Å²) in [6, 6.07) is 10.8. The van der Waals surface area contributed by atoms with E-state index in [1.165, 1.54) is 57.6 Å². The summed E-state index contributed by atoms with van der Waals surface area (Å²) in [6.07, 6.45) is 20.7. The van der Waals surface area contributed by atoms with Crippen molar-refractivity contribution in [3.05, 3.63) is 60.2 Å². The van der Waals surface area contributed by atoms with Gasteiger partial charge in [-0.05, 0) is 68.8 Å². The molecule has 1 unspecified atom stereocenters. The third-order valence-corrected chi connectivity index (χ3v) is 5.37. The van der Waals surface area contributed by atoms with Gasteiger partial charge in [-0.2, -0.15) is 0 Å². The quantitative estimate of drug-likeness (QED) is 0.266. The molecule has 0 aromatic heterocycles. The van der Waals surface area contributed by atoms with E-state index in [4.69, 9.17) is 0 Å². The number of ether oxygens (including phenoxy) is 1. The molecular formula is C24H34O2. The van der Waals surface area contributed by atoms with Crippen LogP contribution in [-0.2, 0) is 16.0 Å². The predicted octanol–water partition coefficient (Wildman–Crippen LogP) is 6.27. The summed E-state index contributed by atoms with van der Waals surface area (Å²) >= 11 is 0. The molecule has 0 amide bonds. The van der Waals surface area contributed by atoms with E-state index in [1.54, 1.807) is 0 Å². The number of hydrogen-bond acceptors (Lipinski definition) is 2. The van der Waals surface area contributed by atoms with Gasteiger partial charge in [-0.1, -0.05) is 61.1 Å². The first-order valence-electron chi connectivity index (χ1n) is 10.2. The zero-order chi connectivity index (χ0) is 18.5. The number of methoxy groups -OCH3 is 1. The largest absolute Gasteiger partial charge is 0.469 e. The Morgan fingerprint density at radius 3 is 2.69 bits per heavy atom. The summed E-state index contributed by atoms with van der Waals surface area (Å²) in [4.78, 5) is 11.1. The fourth-order valence-electron chi connectivity index (χ4n) is 3.81. The fourth-order valence-corrected chi connectivity index (χ4v) is 3.81. The maximum Gasteiger partial charge on any atom is 0.305 e. The Morgan fingerprint density at radius 2 is 1.88 bits per heavy atom. The molecular weight excluding hydrogens is 320 g/mol. The summed E-state index contributed by atoms with van der Waals surface area (Å²) in [7, 11) is 1.45. The van der Waals surface area contributed by atoms with E-state index in [0.717, 1.165) is 24.7 Å². The van der Waals surface area contributed by atoms with Gasteiger partial charge in [-0.3, -0.25) is 4.79 Å². The van der Waals surface area contributed by atoms with E-state index < -0.39 is 0 Å². The highest BCUT2D eigenvalue weighted by Gasteiger charge is 2.23. The molecule has 2 rings (SSSR count). The van der Waals surface area contributed by atoms with Gasteiger partial charge in [-0.25, -0.2) is 0 Å². The van der Waals surface area contributed by atoms with Crippen LogP contribution < -0.4 is 0 Å². The van der Waals surface area contributed by atoms with Gasteiger partial charge in [0.15, 0.2) is 0 Å². The maximum absolute atomic E-state index is 11.1. The smallest absolute Gasteiger partial charge is 0.305 e. The molecule has 0 saturated heterocycles. The molecule has 0 N–H and O–H groups in total. The zero-order valence-electron chi connectivity index (χ0n) is 16.2. The first-order valence-corrected chi connectivity index (χ1v) is 10.2. The van der Waals surface area contributed by atoms with Crippen LogP contribution in [-0.4, -0.2) is 13.1 Å². The Kier molecular flexibility index (Phi) is 9.86. The number of allylic oxidation sites excluding steroid dienone is 4. The normalized spacial score (nSPS) is 20.2. The lowest BCUT2D eigenvalue weighted by molar-refractivity contribution is -0.140. The van der Waals surface area contributed by atoms with Crippen molar-refractivity contribution < 1.29 is 9.53 Å². The molecule has 1 aromatic carbocycles. The van der Waals surface area contributed by atoms with Crippen LogP contribution in [0, 0.1) is 11.8 Å². The average molecular weight is 355 g/mol. The highest BCUT2D eigenvalue weighted by Crippen LogP contribution is 2.35. The molecule has 26 heavy (non-hydrogen) atoms. The molecule has 1 aliphatic carbocycles. The van der Waals surface area contributed by atoms with Crippen molar-refractivity contribution in [2.75, 3.05) is 7.11 Å². The van der Waals surface area contributed by atoms with Gasteiger partial charge >= 0.3 is 5.97 Å². The van der Waals surface area contributed by atoms with Crippen molar-refractivity contribution in [1.82, 2.24) is 0 Å². The molecule has 0 radical (unpaired) electrons. The second kappa shape index (κ2) is 12.5. The molecule has 0 spiro atoms. The van der Waals surface area contributed by atoms with E-state index in [0.29, 0.717) is 6.42 Å². The van der Waals surface area contributed by atoms with Crippen LogP contribution in [0.4, 0.5) is 0 Å². The third kappa shape index (κ3) is 8.03. The lowest BCUT2D eigenvalue weighted by atomic mass is 9.92. The number of aryl methyl sites for hydroxylation is 1. The van der Waals surface area contributed by atoms with Crippen molar-refractivity contribution in [3.63, 3.8) is 0 Å². The van der Waals surface area contributed by atoms with Crippen LogP contribution in [0.1, 0.15) is 63.4 Å². The first kappa shape index (κ1) is 20.5. The van der Waals surface area contributed by atoms with Gasteiger partial charge in [0.2, 0.25) is 0 Å². The van der Waals surface area contributed by atoms with Crippen LogP contribution in [0.5, 0.6) is 0 Å². The summed E-state index contributed by atoms with van der Waals surface area (Å²) < 4.78 is 4.66. The zero-order valence-corrected chi connectivity index (χ0v) is 16.2. The van der Waals surface area contributed by atoms with Crippen molar-refractivity contribution in [2.45, 2.75) is 64.2 Å². The topological polar surface area (TPSA) is 26.3 Å². The average Bonchev–Trinajstić information content (AvgIpc) is 3.12. The van der Waals surface area contributed by atoms with Crippen LogP contribution in [0.25, 0.3) is 0 Å². The number of benzene rings is 1. The number of rotatable bonds is 11. The Morgan fingerprint density at radius 1 is 1.08 bits per heavy atom. The maximum atomic E-state index is 11.1. The van der Waals surface area contributed by atoms with Crippen LogP contribution in [0.3, 0.4) is 0 Å². The molecule has 0 aliphatic heterocycles. The minimum absolute atomic E-state index is 0.105. The minimum Gasteiger partial charge on any atom is -0.469 e. The van der Waals surface area contributed by atoms with Crippen molar-refractivity contribution >= 4 is 5.97 Å². The first-order chi connectivity index (χ1) is 12.8. The Bertz CT molecular complexity index is 559. The highest BCUT2D eigenvalue weighted by molar-refractivity contribution is 5.69. The summed E-state index contributed by atoms with van der Waals surface area (Å²) in [5.74, 6) is 1.45. The van der Waals surface area contributed by atoms with Crippen LogP contribution in [0.15, 0.2) is 54.6 Å². The van der Waals surface area contributed by atoms with E-state index in [1.807, 2.05) is 0 Å². The molecule has 1 aromatic rings. The molecule has 2 atom stereocenters. The van der Waals surface area contributed by atoms with E-state index in [-0.39, 0.29) is 5.97 Å². The SMILES string of the molecule is COC(=O)CCC/C=C\C[C@H]1CCCC1/C=C/CCCc1ccccc1. The van der Waals surface area contributed by atoms with E-state index in [2.05, 4.69) is 59.4 Å². The molecule has 1 saturated carbocycles. The predicted molar refractivity (Wildman–Crippen MR) is 109 cm³/mol. The second-order valence-corrected chi connectivity index (χ2v) is 7.34. The Hall–Kier alpha value is -1.83. The minimum atomic E-state index is -0.105. The van der Waals surface area contributed by atoms with Crippen LogP contribution in [0.2, 0.25) is 0 Å². The summed E-state index contributed by atoms with van der Waals surface area (Å²) in [6.45, 7) is 0.